The highest BCUT2D eigenvalue weighted by Gasteiger charge is 2.37. The first-order valence-electron chi connectivity index (χ1n) is 9.10. The van der Waals surface area contributed by atoms with Crippen LogP contribution in [0.25, 0.3) is 0 Å². The average Bonchev–Trinajstić information content (AvgIpc) is 2.53. The smallest absolute Gasteiger partial charge is 0.111 e. The summed E-state index contributed by atoms with van der Waals surface area (Å²) in [4.78, 5) is 0. The molecule has 2 rings (SSSR count). The van der Waals surface area contributed by atoms with Crippen LogP contribution in [0.5, 0.6) is 0 Å². The fourth-order valence-corrected chi connectivity index (χ4v) is 4.20. The van der Waals surface area contributed by atoms with Crippen LogP contribution in [0.2, 0.25) is 0 Å². The second kappa shape index (κ2) is 7.75. The van der Waals surface area contributed by atoms with Crippen LogP contribution in [0.15, 0.2) is 25.3 Å². The Labute approximate surface area is 135 Å². The number of rotatable bonds is 7. The normalized spacial score (nSPS) is 39.4. The Morgan fingerprint density at radius 3 is 1.95 bits per heavy atom. The van der Waals surface area contributed by atoms with Crippen LogP contribution < -0.4 is 0 Å². The molecule has 0 N–H and O–H groups in total. The highest BCUT2D eigenvalue weighted by Crippen LogP contribution is 2.43. The average molecular weight is 310 g/mol. The van der Waals surface area contributed by atoms with Crippen LogP contribution in [0, 0.1) is 11.8 Å². The first-order valence-corrected chi connectivity index (χ1v) is 9.10. The minimum Gasteiger partial charge on any atom is -0.244 e. The quantitative estimate of drug-likeness (QED) is 0.458. The molecular formula is C20H32F2. The van der Waals surface area contributed by atoms with Gasteiger partial charge in [0.15, 0.2) is 0 Å². The van der Waals surface area contributed by atoms with Crippen molar-refractivity contribution < 1.29 is 8.78 Å². The van der Waals surface area contributed by atoms with E-state index in [1.54, 1.807) is 6.08 Å². The van der Waals surface area contributed by atoms with Gasteiger partial charge in [0.2, 0.25) is 0 Å². The lowest BCUT2D eigenvalue weighted by molar-refractivity contribution is 0.0503. The van der Waals surface area contributed by atoms with Gasteiger partial charge in [0.25, 0.3) is 0 Å². The summed E-state index contributed by atoms with van der Waals surface area (Å²) in [5.41, 5.74) is -1.95. The van der Waals surface area contributed by atoms with E-state index in [1.165, 1.54) is 0 Å². The van der Waals surface area contributed by atoms with Crippen LogP contribution in [0.1, 0.15) is 77.0 Å². The van der Waals surface area contributed by atoms with Crippen molar-refractivity contribution in [3.63, 3.8) is 0 Å². The van der Waals surface area contributed by atoms with Gasteiger partial charge in [-0.2, -0.15) is 0 Å². The first-order chi connectivity index (χ1) is 10.5. The molecule has 2 fully saturated rings. The van der Waals surface area contributed by atoms with E-state index in [-0.39, 0.29) is 0 Å². The van der Waals surface area contributed by atoms with E-state index in [9.17, 15) is 8.78 Å². The van der Waals surface area contributed by atoms with Gasteiger partial charge in [0, 0.05) is 0 Å². The SMILES string of the molecule is C=CCCC1(F)CCC(CCC2(F)CCC(C=C)CC2)CC1. The third-order valence-electron chi connectivity index (χ3n) is 6.06. The minimum atomic E-state index is -0.986. The van der Waals surface area contributed by atoms with Crippen molar-refractivity contribution in [3.05, 3.63) is 25.3 Å². The first kappa shape index (κ1) is 17.7. The van der Waals surface area contributed by atoms with Crippen molar-refractivity contribution in [2.75, 3.05) is 0 Å². The van der Waals surface area contributed by atoms with Gasteiger partial charge in [-0.25, -0.2) is 8.78 Å². The van der Waals surface area contributed by atoms with Crippen LogP contribution >= 0.6 is 0 Å². The molecular weight excluding hydrogens is 278 g/mol. The number of hydrogen-bond donors (Lipinski definition) is 0. The molecule has 0 aromatic heterocycles. The molecule has 0 atom stereocenters. The molecule has 2 saturated carbocycles. The number of alkyl halides is 2. The van der Waals surface area contributed by atoms with Crippen LogP contribution in [0.3, 0.4) is 0 Å². The molecule has 0 aromatic carbocycles. The molecule has 0 aromatic rings. The van der Waals surface area contributed by atoms with Gasteiger partial charge in [-0.1, -0.05) is 12.2 Å². The predicted molar refractivity (Wildman–Crippen MR) is 90.5 cm³/mol. The van der Waals surface area contributed by atoms with Crippen molar-refractivity contribution in [3.8, 4) is 0 Å². The molecule has 22 heavy (non-hydrogen) atoms. The van der Waals surface area contributed by atoms with Crippen molar-refractivity contribution in [1.82, 2.24) is 0 Å². The molecule has 2 aliphatic carbocycles. The fraction of sp³-hybridized carbons (Fsp3) is 0.800. The summed E-state index contributed by atoms with van der Waals surface area (Å²) < 4.78 is 29.4. The molecule has 2 aliphatic rings. The largest absolute Gasteiger partial charge is 0.244 e. The molecule has 0 saturated heterocycles. The molecule has 0 spiro atoms. The number of allylic oxidation sites excluding steroid dienone is 2. The third-order valence-corrected chi connectivity index (χ3v) is 6.06. The number of hydrogen-bond acceptors (Lipinski definition) is 0. The summed E-state index contributed by atoms with van der Waals surface area (Å²) in [6.45, 7) is 7.50. The summed E-state index contributed by atoms with van der Waals surface area (Å²) >= 11 is 0. The second-order valence-corrected chi connectivity index (χ2v) is 7.68. The van der Waals surface area contributed by atoms with Crippen molar-refractivity contribution in [1.29, 1.82) is 0 Å². The molecule has 0 radical (unpaired) electrons. The lowest BCUT2D eigenvalue weighted by Crippen LogP contribution is -2.32. The molecule has 2 heteroatoms. The van der Waals surface area contributed by atoms with E-state index in [2.05, 4.69) is 13.2 Å². The van der Waals surface area contributed by atoms with E-state index in [1.807, 2.05) is 6.08 Å². The topological polar surface area (TPSA) is 0 Å². The summed E-state index contributed by atoms with van der Waals surface area (Å²) in [5.74, 6) is 1.04. The van der Waals surface area contributed by atoms with Gasteiger partial charge in [-0.15, -0.1) is 13.2 Å². The van der Waals surface area contributed by atoms with E-state index in [0.29, 0.717) is 50.4 Å². The highest BCUT2D eigenvalue weighted by atomic mass is 19.1. The van der Waals surface area contributed by atoms with Crippen LogP contribution in [0.4, 0.5) is 8.78 Å². The Bertz CT molecular complexity index is 358. The lowest BCUT2D eigenvalue weighted by Gasteiger charge is -2.37. The van der Waals surface area contributed by atoms with E-state index in [4.69, 9.17) is 0 Å². The number of halogens is 2. The maximum absolute atomic E-state index is 14.8. The maximum Gasteiger partial charge on any atom is 0.111 e. The van der Waals surface area contributed by atoms with Gasteiger partial charge >= 0.3 is 0 Å². The second-order valence-electron chi connectivity index (χ2n) is 7.68. The van der Waals surface area contributed by atoms with Crippen LogP contribution in [-0.4, -0.2) is 11.3 Å². The van der Waals surface area contributed by atoms with Gasteiger partial charge in [0.05, 0.1) is 0 Å². The van der Waals surface area contributed by atoms with E-state index < -0.39 is 11.3 Å². The van der Waals surface area contributed by atoms with Gasteiger partial charge in [-0.05, 0) is 88.9 Å². The Kier molecular flexibility index (Phi) is 6.23. The van der Waals surface area contributed by atoms with E-state index >= 15 is 0 Å². The molecule has 126 valence electrons. The maximum atomic E-state index is 14.8. The lowest BCUT2D eigenvalue weighted by atomic mass is 9.73. The molecule has 0 aliphatic heterocycles. The van der Waals surface area contributed by atoms with Gasteiger partial charge in [-0.3, -0.25) is 0 Å². The van der Waals surface area contributed by atoms with Gasteiger partial charge in [0.1, 0.15) is 11.3 Å². The van der Waals surface area contributed by atoms with Crippen molar-refractivity contribution >= 4 is 0 Å². The van der Waals surface area contributed by atoms with Gasteiger partial charge < -0.3 is 0 Å². The van der Waals surface area contributed by atoms with Crippen molar-refractivity contribution in [2.24, 2.45) is 11.8 Å². The summed E-state index contributed by atoms with van der Waals surface area (Å²) in [7, 11) is 0. The van der Waals surface area contributed by atoms with E-state index in [0.717, 1.165) is 38.5 Å². The zero-order valence-corrected chi connectivity index (χ0v) is 14.0. The molecule has 0 bridgehead atoms. The minimum absolute atomic E-state index is 0.510. The third kappa shape index (κ3) is 4.93. The Balaban J connectivity index is 1.70. The summed E-state index contributed by atoms with van der Waals surface area (Å²) in [6.07, 6.45) is 13.2. The molecule has 0 unspecified atom stereocenters. The Morgan fingerprint density at radius 2 is 1.41 bits per heavy atom. The summed E-state index contributed by atoms with van der Waals surface area (Å²) in [6, 6.07) is 0. The van der Waals surface area contributed by atoms with Crippen LogP contribution in [-0.2, 0) is 0 Å². The highest BCUT2D eigenvalue weighted by molar-refractivity contribution is 4.93. The molecule has 0 nitrogen and oxygen atoms in total. The summed E-state index contributed by atoms with van der Waals surface area (Å²) in [5, 5.41) is 0. The Morgan fingerprint density at radius 1 is 0.864 bits per heavy atom. The zero-order chi connectivity index (χ0) is 16.1. The Hall–Kier alpha value is -0.660. The monoisotopic (exact) mass is 310 g/mol. The molecule has 0 amide bonds. The van der Waals surface area contributed by atoms with Crippen molar-refractivity contribution in [2.45, 2.75) is 88.4 Å². The standard InChI is InChI=1S/C20H32F2/c1-3-5-11-19(21)14-8-18(9-15-19)10-16-20(22)12-6-17(4-2)7-13-20/h3-4,17-18H,1-2,5-16H2. The zero-order valence-electron chi connectivity index (χ0n) is 14.0. The predicted octanol–water partition coefficient (Wildman–Crippen LogP) is 6.72. The molecule has 0 heterocycles. The fourth-order valence-electron chi connectivity index (χ4n) is 4.20.